The van der Waals surface area contributed by atoms with Crippen LogP contribution in [0, 0.1) is 0 Å². The zero-order valence-corrected chi connectivity index (χ0v) is 13.1. The Labute approximate surface area is 123 Å². The van der Waals surface area contributed by atoms with Gasteiger partial charge in [-0.3, -0.25) is 4.79 Å². The predicted octanol–water partition coefficient (Wildman–Crippen LogP) is 5.77. The first-order valence-corrected chi connectivity index (χ1v) is 8.58. The maximum Gasteiger partial charge on any atom is 0.303 e. The lowest BCUT2D eigenvalue weighted by atomic mass is 10.0. The summed E-state index contributed by atoms with van der Waals surface area (Å²) in [5.74, 6) is 0.151. The fourth-order valence-electron chi connectivity index (χ4n) is 2.32. The third-order valence-electron chi connectivity index (χ3n) is 3.52. The van der Waals surface area contributed by atoms with Crippen LogP contribution in [0.2, 0.25) is 0 Å². The maximum absolute atomic E-state index is 10.3. The molecule has 0 aromatic heterocycles. The van der Waals surface area contributed by atoms with Crippen molar-refractivity contribution in [2.75, 3.05) is 5.88 Å². The maximum atomic E-state index is 10.3. The van der Waals surface area contributed by atoms with E-state index in [2.05, 4.69) is 0 Å². The highest BCUT2D eigenvalue weighted by Crippen LogP contribution is 2.13. The summed E-state index contributed by atoms with van der Waals surface area (Å²) in [6, 6.07) is 0. The van der Waals surface area contributed by atoms with Gasteiger partial charge in [0.1, 0.15) is 0 Å². The smallest absolute Gasteiger partial charge is 0.303 e. The lowest BCUT2D eigenvalue weighted by molar-refractivity contribution is -0.137. The summed E-state index contributed by atoms with van der Waals surface area (Å²) in [5.41, 5.74) is 0. The van der Waals surface area contributed by atoms with Crippen LogP contribution in [0.5, 0.6) is 0 Å². The van der Waals surface area contributed by atoms with Gasteiger partial charge in [-0.25, -0.2) is 0 Å². The summed E-state index contributed by atoms with van der Waals surface area (Å²) in [4.78, 5) is 10.3. The molecule has 0 aromatic carbocycles. The van der Waals surface area contributed by atoms with E-state index in [4.69, 9.17) is 16.7 Å². The number of aliphatic carboxylic acids is 1. The van der Waals surface area contributed by atoms with Gasteiger partial charge in [-0.2, -0.15) is 0 Å². The van der Waals surface area contributed by atoms with Gasteiger partial charge in [0, 0.05) is 12.3 Å². The van der Waals surface area contributed by atoms with Crippen LogP contribution >= 0.6 is 11.6 Å². The molecular weight excluding hydrogens is 260 g/mol. The second-order valence-electron chi connectivity index (χ2n) is 5.43. The number of carboxylic acids is 1. The van der Waals surface area contributed by atoms with E-state index >= 15 is 0 Å². The molecule has 0 atom stereocenters. The summed E-state index contributed by atoms with van der Waals surface area (Å²) < 4.78 is 0. The lowest BCUT2D eigenvalue weighted by Gasteiger charge is -2.02. The van der Waals surface area contributed by atoms with Gasteiger partial charge in [0.05, 0.1) is 0 Å². The van der Waals surface area contributed by atoms with Crippen molar-refractivity contribution in [3.8, 4) is 0 Å². The van der Waals surface area contributed by atoms with E-state index in [9.17, 15) is 4.79 Å². The molecule has 19 heavy (non-hydrogen) atoms. The van der Waals surface area contributed by atoms with Gasteiger partial charge >= 0.3 is 5.97 Å². The van der Waals surface area contributed by atoms with Crippen LogP contribution in [-0.4, -0.2) is 17.0 Å². The summed E-state index contributed by atoms with van der Waals surface area (Å²) in [7, 11) is 0. The van der Waals surface area contributed by atoms with Crippen molar-refractivity contribution >= 4 is 17.6 Å². The van der Waals surface area contributed by atoms with Gasteiger partial charge in [-0.1, -0.05) is 70.6 Å². The van der Waals surface area contributed by atoms with Gasteiger partial charge in [-0.05, 0) is 12.8 Å². The molecule has 0 amide bonds. The SMILES string of the molecule is O=C(O)CCCCCCCCCCCCCCCCl. The first-order chi connectivity index (χ1) is 9.27. The third kappa shape index (κ3) is 17.8. The fourth-order valence-corrected chi connectivity index (χ4v) is 2.50. The number of carboxylic acid groups (broad SMARTS) is 1. The molecule has 0 bridgehead atoms. The number of hydrogen-bond donors (Lipinski definition) is 1. The van der Waals surface area contributed by atoms with Gasteiger partial charge in [-0.15, -0.1) is 11.6 Å². The van der Waals surface area contributed by atoms with Crippen LogP contribution in [0.1, 0.15) is 89.9 Å². The van der Waals surface area contributed by atoms with Crippen molar-refractivity contribution < 1.29 is 9.90 Å². The number of hydrogen-bond acceptors (Lipinski definition) is 1. The largest absolute Gasteiger partial charge is 0.481 e. The highest BCUT2D eigenvalue weighted by atomic mass is 35.5. The van der Waals surface area contributed by atoms with Crippen molar-refractivity contribution in [1.29, 1.82) is 0 Å². The summed E-state index contributed by atoms with van der Waals surface area (Å²) in [5, 5.41) is 8.50. The van der Waals surface area contributed by atoms with E-state index < -0.39 is 5.97 Å². The summed E-state index contributed by atoms with van der Waals surface area (Å²) >= 11 is 5.63. The van der Waals surface area contributed by atoms with Crippen LogP contribution < -0.4 is 0 Å². The van der Waals surface area contributed by atoms with Crippen LogP contribution in [0.15, 0.2) is 0 Å². The second kappa shape index (κ2) is 15.8. The fraction of sp³-hybridized carbons (Fsp3) is 0.938. The van der Waals surface area contributed by atoms with Crippen molar-refractivity contribution in [2.24, 2.45) is 0 Å². The Bertz CT molecular complexity index is 195. The zero-order valence-electron chi connectivity index (χ0n) is 12.3. The molecule has 0 radical (unpaired) electrons. The van der Waals surface area contributed by atoms with Gasteiger partial charge in [0.25, 0.3) is 0 Å². The number of halogens is 1. The number of alkyl halides is 1. The van der Waals surface area contributed by atoms with Crippen molar-refractivity contribution in [2.45, 2.75) is 89.9 Å². The zero-order chi connectivity index (χ0) is 14.2. The molecule has 0 aliphatic carbocycles. The predicted molar refractivity (Wildman–Crippen MR) is 83.0 cm³/mol. The van der Waals surface area contributed by atoms with Crippen LogP contribution in [0.3, 0.4) is 0 Å². The molecule has 0 saturated heterocycles. The third-order valence-corrected chi connectivity index (χ3v) is 3.79. The Morgan fingerprint density at radius 1 is 0.632 bits per heavy atom. The van der Waals surface area contributed by atoms with E-state index in [1.54, 1.807) is 0 Å². The number of rotatable bonds is 15. The minimum absolute atomic E-state index is 0.337. The molecule has 1 N–H and O–H groups in total. The minimum atomic E-state index is -0.661. The highest BCUT2D eigenvalue weighted by molar-refractivity contribution is 6.17. The Balaban J connectivity index is 2.93. The standard InChI is InChI=1S/C16H31ClO2/c17-15-13-11-9-7-5-3-1-2-4-6-8-10-12-14-16(18)19/h1-15H2,(H,18,19). The van der Waals surface area contributed by atoms with E-state index in [0.29, 0.717) is 6.42 Å². The Morgan fingerprint density at radius 3 is 1.26 bits per heavy atom. The molecule has 0 unspecified atom stereocenters. The molecule has 0 rings (SSSR count). The molecule has 2 nitrogen and oxygen atoms in total. The minimum Gasteiger partial charge on any atom is -0.481 e. The average molecular weight is 291 g/mol. The van der Waals surface area contributed by atoms with Gasteiger partial charge < -0.3 is 5.11 Å². The van der Waals surface area contributed by atoms with Gasteiger partial charge in [0.2, 0.25) is 0 Å². The van der Waals surface area contributed by atoms with Crippen molar-refractivity contribution in [1.82, 2.24) is 0 Å². The van der Waals surface area contributed by atoms with E-state index in [0.717, 1.165) is 18.7 Å². The van der Waals surface area contributed by atoms with E-state index in [1.165, 1.54) is 70.6 Å². The Kier molecular flexibility index (Phi) is 15.6. The Hall–Kier alpha value is -0.240. The first kappa shape index (κ1) is 18.8. The second-order valence-corrected chi connectivity index (χ2v) is 5.81. The molecule has 0 fully saturated rings. The molecule has 0 aromatic rings. The normalized spacial score (nSPS) is 10.8. The molecule has 0 aliphatic rings. The van der Waals surface area contributed by atoms with Gasteiger partial charge in [0.15, 0.2) is 0 Å². The molecular formula is C16H31ClO2. The van der Waals surface area contributed by atoms with Crippen LogP contribution in [0.4, 0.5) is 0 Å². The number of carbonyl (C=O) groups is 1. The molecule has 0 saturated carbocycles. The average Bonchev–Trinajstić information content (AvgIpc) is 2.39. The summed E-state index contributed by atoms with van der Waals surface area (Å²) in [6.45, 7) is 0. The van der Waals surface area contributed by atoms with Crippen molar-refractivity contribution in [3.05, 3.63) is 0 Å². The topological polar surface area (TPSA) is 37.3 Å². The summed E-state index contributed by atoms with van der Waals surface area (Å²) in [6.07, 6.45) is 16.7. The lowest BCUT2D eigenvalue weighted by Crippen LogP contribution is -1.93. The molecule has 3 heteroatoms. The Morgan fingerprint density at radius 2 is 0.947 bits per heavy atom. The van der Waals surface area contributed by atoms with Crippen molar-refractivity contribution in [3.63, 3.8) is 0 Å². The highest BCUT2D eigenvalue weighted by Gasteiger charge is 1.96. The molecule has 0 heterocycles. The van der Waals surface area contributed by atoms with E-state index in [-0.39, 0.29) is 0 Å². The molecule has 114 valence electrons. The monoisotopic (exact) mass is 290 g/mol. The first-order valence-electron chi connectivity index (χ1n) is 8.05. The quantitative estimate of drug-likeness (QED) is 0.307. The van der Waals surface area contributed by atoms with E-state index in [1.807, 2.05) is 0 Å². The molecule has 0 spiro atoms. The number of unbranched alkanes of at least 4 members (excludes halogenated alkanes) is 12. The van der Waals surface area contributed by atoms with Crippen LogP contribution in [-0.2, 0) is 4.79 Å². The molecule has 0 aliphatic heterocycles. The van der Waals surface area contributed by atoms with Crippen LogP contribution in [0.25, 0.3) is 0 Å².